The van der Waals surface area contributed by atoms with Gasteiger partial charge in [0.05, 0.1) is 18.6 Å². The number of thioether (sulfide) groups is 1. The maximum Gasteiger partial charge on any atom is 0.214 e. The van der Waals surface area contributed by atoms with Crippen molar-refractivity contribution in [2.75, 3.05) is 12.9 Å². The number of benzene rings is 1. The number of aryl methyl sites for hydroxylation is 1. The summed E-state index contributed by atoms with van der Waals surface area (Å²) in [6.45, 7) is 4.10. The van der Waals surface area contributed by atoms with Crippen LogP contribution < -0.4 is 4.74 Å². The highest BCUT2D eigenvalue weighted by molar-refractivity contribution is 7.99. The van der Waals surface area contributed by atoms with Gasteiger partial charge in [-0.2, -0.15) is 4.68 Å². The van der Waals surface area contributed by atoms with Crippen LogP contribution in [0.25, 0.3) is 5.69 Å². The fraction of sp³-hybridized carbons (Fsp3) is 0.368. The van der Waals surface area contributed by atoms with E-state index in [0.717, 1.165) is 28.4 Å². The Labute approximate surface area is 161 Å². The van der Waals surface area contributed by atoms with Crippen LogP contribution in [0.2, 0.25) is 0 Å². The molecular weight excluding hydrogens is 362 g/mol. The van der Waals surface area contributed by atoms with E-state index >= 15 is 0 Å². The number of hydrogen-bond acceptors (Lipinski definition) is 6. The van der Waals surface area contributed by atoms with E-state index in [4.69, 9.17) is 4.74 Å². The maximum atomic E-state index is 12.8. The minimum atomic E-state index is 0.101. The highest BCUT2D eigenvalue weighted by atomic mass is 32.2. The molecule has 8 heteroatoms. The number of carbonyl (C=O) groups is 1. The standard InChI is InChI=1S/C19H21N5O2S/c1-12-10-17(13(2)23(12)14-4-5-14)18(25)11-27-19-20-21-22-24(19)15-6-8-16(26-3)9-7-15/h6-10,14H,4-5,11H2,1-3H3. The molecule has 0 amide bonds. The monoisotopic (exact) mass is 383 g/mol. The number of tetrazole rings is 1. The van der Waals surface area contributed by atoms with Crippen LogP contribution in [0.15, 0.2) is 35.5 Å². The second-order valence-electron chi connectivity index (χ2n) is 6.67. The molecule has 1 aromatic carbocycles. The number of nitrogens with zero attached hydrogens (tertiary/aromatic N) is 5. The summed E-state index contributed by atoms with van der Waals surface area (Å²) in [6.07, 6.45) is 2.41. The van der Waals surface area contributed by atoms with Crippen LogP contribution in [-0.4, -0.2) is 43.4 Å². The lowest BCUT2D eigenvalue weighted by Crippen LogP contribution is -2.07. The van der Waals surface area contributed by atoms with E-state index in [9.17, 15) is 4.79 Å². The Morgan fingerprint density at radius 3 is 2.67 bits per heavy atom. The molecule has 2 heterocycles. The molecule has 0 aliphatic heterocycles. The molecule has 0 unspecified atom stereocenters. The lowest BCUT2D eigenvalue weighted by Gasteiger charge is -2.07. The third-order valence-corrected chi connectivity index (χ3v) is 5.71. The molecule has 0 N–H and O–H groups in total. The van der Waals surface area contributed by atoms with E-state index < -0.39 is 0 Å². The number of methoxy groups -OCH3 is 1. The normalized spacial score (nSPS) is 13.7. The van der Waals surface area contributed by atoms with Crippen LogP contribution in [0, 0.1) is 13.8 Å². The van der Waals surface area contributed by atoms with Crippen molar-refractivity contribution in [3.05, 3.63) is 47.3 Å². The first-order valence-corrected chi connectivity index (χ1v) is 9.84. The Kier molecular flexibility index (Phi) is 4.73. The lowest BCUT2D eigenvalue weighted by atomic mass is 10.2. The van der Waals surface area contributed by atoms with Gasteiger partial charge in [0.1, 0.15) is 5.75 Å². The molecule has 7 nitrogen and oxygen atoms in total. The van der Waals surface area contributed by atoms with Crippen molar-refractivity contribution in [3.8, 4) is 11.4 Å². The first kappa shape index (κ1) is 17.8. The van der Waals surface area contributed by atoms with Crippen molar-refractivity contribution in [3.63, 3.8) is 0 Å². The minimum Gasteiger partial charge on any atom is -0.497 e. The van der Waals surface area contributed by atoms with Crippen molar-refractivity contribution in [1.82, 2.24) is 24.8 Å². The minimum absolute atomic E-state index is 0.101. The van der Waals surface area contributed by atoms with Gasteiger partial charge in [-0.25, -0.2) is 0 Å². The number of ether oxygens (including phenoxy) is 1. The van der Waals surface area contributed by atoms with Crippen molar-refractivity contribution in [2.45, 2.75) is 37.9 Å². The molecule has 1 aliphatic carbocycles. The molecule has 3 aromatic rings. The average molecular weight is 383 g/mol. The Balaban J connectivity index is 1.49. The topological polar surface area (TPSA) is 74.8 Å². The first-order chi connectivity index (χ1) is 13.1. The molecule has 0 atom stereocenters. The summed E-state index contributed by atoms with van der Waals surface area (Å²) < 4.78 is 9.10. The Hall–Kier alpha value is -2.61. The van der Waals surface area contributed by atoms with E-state index in [0.29, 0.717) is 17.0 Å². The summed E-state index contributed by atoms with van der Waals surface area (Å²) in [5, 5.41) is 12.4. The van der Waals surface area contributed by atoms with Gasteiger partial charge in [0, 0.05) is 23.0 Å². The molecule has 27 heavy (non-hydrogen) atoms. The zero-order valence-corrected chi connectivity index (χ0v) is 16.4. The number of carbonyl (C=O) groups excluding carboxylic acids is 1. The smallest absolute Gasteiger partial charge is 0.214 e. The summed E-state index contributed by atoms with van der Waals surface area (Å²) in [6, 6.07) is 10.0. The van der Waals surface area contributed by atoms with Gasteiger partial charge < -0.3 is 9.30 Å². The van der Waals surface area contributed by atoms with Crippen molar-refractivity contribution in [1.29, 1.82) is 0 Å². The van der Waals surface area contributed by atoms with Crippen molar-refractivity contribution in [2.24, 2.45) is 0 Å². The number of hydrogen-bond donors (Lipinski definition) is 0. The molecular formula is C19H21N5O2S. The molecule has 0 radical (unpaired) electrons. The van der Waals surface area contributed by atoms with E-state index in [1.807, 2.05) is 37.3 Å². The Morgan fingerprint density at radius 1 is 1.26 bits per heavy atom. The molecule has 0 spiro atoms. The molecule has 4 rings (SSSR count). The predicted molar refractivity (Wildman–Crippen MR) is 103 cm³/mol. The molecule has 1 fully saturated rings. The number of rotatable bonds is 7. The van der Waals surface area contributed by atoms with Crippen LogP contribution in [0.3, 0.4) is 0 Å². The second-order valence-corrected chi connectivity index (χ2v) is 7.61. The summed E-state index contributed by atoms with van der Waals surface area (Å²) in [5.74, 6) is 1.16. The van der Waals surface area contributed by atoms with E-state index in [2.05, 4.69) is 27.0 Å². The zero-order chi connectivity index (χ0) is 19.0. The molecule has 0 saturated heterocycles. The second kappa shape index (κ2) is 7.19. The highest BCUT2D eigenvalue weighted by Crippen LogP contribution is 2.38. The molecule has 2 aromatic heterocycles. The fourth-order valence-electron chi connectivity index (χ4n) is 3.32. The van der Waals surface area contributed by atoms with Gasteiger partial charge in [0.15, 0.2) is 5.78 Å². The maximum absolute atomic E-state index is 12.8. The predicted octanol–water partition coefficient (Wildman–Crippen LogP) is 3.40. The van der Waals surface area contributed by atoms with Gasteiger partial charge in [-0.15, -0.1) is 5.10 Å². The summed E-state index contributed by atoms with van der Waals surface area (Å²) in [4.78, 5) is 12.8. The van der Waals surface area contributed by atoms with Crippen LogP contribution in [-0.2, 0) is 0 Å². The van der Waals surface area contributed by atoms with Crippen molar-refractivity contribution >= 4 is 17.5 Å². The molecule has 1 saturated carbocycles. The number of ketones is 1. The quantitative estimate of drug-likeness (QED) is 0.460. The first-order valence-electron chi connectivity index (χ1n) is 8.85. The van der Waals surface area contributed by atoms with E-state index in [1.54, 1.807) is 11.8 Å². The SMILES string of the molecule is COc1ccc(-n2nnnc2SCC(=O)c2cc(C)n(C3CC3)c2C)cc1. The van der Waals surface area contributed by atoms with E-state index in [-0.39, 0.29) is 5.78 Å². The Morgan fingerprint density at radius 2 is 2.00 bits per heavy atom. The van der Waals surface area contributed by atoms with Crippen LogP contribution in [0.1, 0.15) is 40.6 Å². The average Bonchev–Trinajstić information content (AvgIpc) is 3.31. The van der Waals surface area contributed by atoms with Gasteiger partial charge in [0.2, 0.25) is 5.16 Å². The summed E-state index contributed by atoms with van der Waals surface area (Å²) in [7, 11) is 1.62. The third kappa shape index (κ3) is 3.49. The van der Waals surface area contributed by atoms with Crippen molar-refractivity contribution < 1.29 is 9.53 Å². The third-order valence-electron chi connectivity index (χ3n) is 4.79. The summed E-state index contributed by atoms with van der Waals surface area (Å²) >= 11 is 1.35. The molecule has 0 bridgehead atoms. The number of Topliss-reactive ketones (excluding diaryl/α,β-unsaturated/α-hetero) is 1. The zero-order valence-electron chi connectivity index (χ0n) is 15.5. The summed E-state index contributed by atoms with van der Waals surface area (Å²) in [5.41, 5.74) is 3.85. The van der Waals surface area contributed by atoms with Crippen LogP contribution >= 0.6 is 11.8 Å². The number of aromatic nitrogens is 5. The Bertz CT molecular complexity index is 973. The van der Waals surface area contributed by atoms with E-state index in [1.165, 1.54) is 24.6 Å². The van der Waals surface area contributed by atoms with Gasteiger partial charge in [0.25, 0.3) is 0 Å². The lowest BCUT2D eigenvalue weighted by molar-refractivity contribution is 0.102. The van der Waals surface area contributed by atoms with Gasteiger partial charge in [-0.05, 0) is 67.4 Å². The molecule has 140 valence electrons. The molecule has 1 aliphatic rings. The largest absolute Gasteiger partial charge is 0.497 e. The van der Waals surface area contributed by atoms with Crippen LogP contribution in [0.5, 0.6) is 5.75 Å². The van der Waals surface area contributed by atoms with Gasteiger partial charge in [-0.3, -0.25) is 4.79 Å². The fourth-order valence-corrected chi connectivity index (χ4v) is 4.09. The van der Waals surface area contributed by atoms with Gasteiger partial charge in [-0.1, -0.05) is 11.8 Å². The highest BCUT2D eigenvalue weighted by Gasteiger charge is 2.28. The van der Waals surface area contributed by atoms with Crippen LogP contribution in [0.4, 0.5) is 0 Å². The van der Waals surface area contributed by atoms with Gasteiger partial charge >= 0.3 is 0 Å².